The van der Waals surface area contributed by atoms with Crippen LogP contribution in [0.3, 0.4) is 0 Å². The van der Waals surface area contributed by atoms with Crippen molar-refractivity contribution in [1.29, 1.82) is 0 Å². The van der Waals surface area contributed by atoms with Crippen molar-refractivity contribution in [3.05, 3.63) is 24.3 Å². The third-order valence-electron chi connectivity index (χ3n) is 1.34. The van der Waals surface area contributed by atoms with E-state index >= 15 is 0 Å². The van der Waals surface area contributed by atoms with Gasteiger partial charge in [-0.15, -0.1) is 0 Å². The molecule has 0 unspecified atom stereocenters. The van der Waals surface area contributed by atoms with E-state index in [2.05, 4.69) is 5.48 Å². The smallest absolute Gasteiger partial charge is 0.0976 e. The van der Waals surface area contributed by atoms with Gasteiger partial charge in [0.1, 0.15) is 0 Å². The Morgan fingerprint density at radius 2 is 2.17 bits per heavy atom. The molecule has 0 amide bonds. The highest BCUT2D eigenvalue weighted by atomic mass is 16.6. The van der Waals surface area contributed by atoms with Crippen LogP contribution in [0.4, 0.5) is 11.4 Å². The minimum Gasteiger partial charge on any atom is -0.397 e. The van der Waals surface area contributed by atoms with Gasteiger partial charge in [0.2, 0.25) is 0 Å². The number of anilines is 2. The molecule has 12 heavy (non-hydrogen) atoms. The Kier molecular flexibility index (Phi) is 3.37. The van der Waals surface area contributed by atoms with Crippen molar-refractivity contribution < 1.29 is 9.94 Å². The topological polar surface area (TPSA) is 67.5 Å². The molecule has 0 saturated carbocycles. The Morgan fingerprint density at radius 1 is 1.42 bits per heavy atom. The third-order valence-corrected chi connectivity index (χ3v) is 1.34. The van der Waals surface area contributed by atoms with Gasteiger partial charge in [0.15, 0.2) is 0 Å². The molecule has 1 aromatic rings. The van der Waals surface area contributed by atoms with E-state index in [4.69, 9.17) is 15.7 Å². The first-order valence-electron chi connectivity index (χ1n) is 3.68. The Labute approximate surface area is 70.9 Å². The quantitative estimate of drug-likeness (QED) is 0.350. The number of rotatable bonds is 4. The molecule has 0 aromatic heterocycles. The van der Waals surface area contributed by atoms with Crippen LogP contribution < -0.4 is 11.2 Å². The zero-order valence-corrected chi connectivity index (χ0v) is 6.66. The lowest BCUT2D eigenvalue weighted by atomic mass is 10.3. The summed E-state index contributed by atoms with van der Waals surface area (Å²) in [5, 5.41) is 8.42. The minimum atomic E-state index is -0.0141. The number of para-hydroxylation sites is 2. The number of nitrogen functional groups attached to an aromatic ring is 1. The van der Waals surface area contributed by atoms with Crippen LogP contribution in [0.15, 0.2) is 24.3 Å². The van der Waals surface area contributed by atoms with Crippen molar-refractivity contribution >= 4 is 11.4 Å². The summed E-state index contributed by atoms with van der Waals surface area (Å²) in [6.45, 7) is 0.230. The molecule has 0 aliphatic rings. The molecule has 4 nitrogen and oxygen atoms in total. The highest BCUT2D eigenvalue weighted by Gasteiger charge is 1.94. The molecule has 1 rings (SSSR count). The predicted octanol–water partition coefficient (Wildman–Crippen LogP) is 0.605. The van der Waals surface area contributed by atoms with Crippen LogP contribution in [-0.4, -0.2) is 18.3 Å². The second-order valence-corrected chi connectivity index (χ2v) is 2.26. The molecule has 0 saturated heterocycles. The van der Waals surface area contributed by atoms with Crippen molar-refractivity contribution in [2.24, 2.45) is 0 Å². The Balaban J connectivity index is 2.46. The van der Waals surface area contributed by atoms with Crippen LogP contribution in [0.25, 0.3) is 0 Å². The second kappa shape index (κ2) is 4.58. The van der Waals surface area contributed by atoms with Gasteiger partial charge in [0, 0.05) is 0 Å². The number of nitrogens with one attached hydrogen (secondary N) is 1. The number of hydrogen-bond acceptors (Lipinski definition) is 4. The minimum absolute atomic E-state index is 0.0141. The van der Waals surface area contributed by atoms with E-state index in [1.165, 1.54) is 0 Å². The number of aliphatic hydroxyl groups is 1. The van der Waals surface area contributed by atoms with Gasteiger partial charge in [-0.2, -0.15) is 0 Å². The van der Waals surface area contributed by atoms with E-state index in [1.54, 1.807) is 12.1 Å². The summed E-state index contributed by atoms with van der Waals surface area (Å²) in [7, 11) is 0. The Bertz CT molecular complexity index is 240. The Morgan fingerprint density at radius 3 is 2.83 bits per heavy atom. The predicted molar refractivity (Wildman–Crippen MR) is 47.5 cm³/mol. The van der Waals surface area contributed by atoms with Gasteiger partial charge in [-0.05, 0) is 12.1 Å². The number of aliphatic hydroxyl groups excluding tert-OH is 1. The van der Waals surface area contributed by atoms with Crippen LogP contribution in [0.2, 0.25) is 0 Å². The van der Waals surface area contributed by atoms with E-state index in [-0.39, 0.29) is 13.2 Å². The standard InChI is InChI=1S/C8H12N2O2/c9-7-3-1-2-4-8(7)10-12-6-5-11/h1-4,10-11H,5-6,9H2. The molecule has 4 N–H and O–H groups in total. The van der Waals surface area contributed by atoms with E-state index in [0.29, 0.717) is 11.4 Å². The summed E-state index contributed by atoms with van der Waals surface area (Å²) in [5.74, 6) is 0. The lowest BCUT2D eigenvalue weighted by molar-refractivity contribution is 0.133. The lowest BCUT2D eigenvalue weighted by Gasteiger charge is -2.07. The van der Waals surface area contributed by atoms with Gasteiger partial charge in [-0.3, -0.25) is 10.3 Å². The number of benzene rings is 1. The first-order chi connectivity index (χ1) is 5.84. The maximum absolute atomic E-state index is 8.42. The van der Waals surface area contributed by atoms with E-state index in [0.717, 1.165) is 0 Å². The maximum atomic E-state index is 8.42. The summed E-state index contributed by atoms with van der Waals surface area (Å²) < 4.78 is 0. The molecule has 0 aliphatic heterocycles. The highest BCUT2D eigenvalue weighted by molar-refractivity contribution is 5.64. The van der Waals surface area contributed by atoms with Crippen molar-refractivity contribution in [1.82, 2.24) is 0 Å². The summed E-state index contributed by atoms with van der Waals surface area (Å²) in [4.78, 5) is 4.87. The fourth-order valence-corrected chi connectivity index (χ4v) is 0.764. The van der Waals surface area contributed by atoms with Gasteiger partial charge < -0.3 is 10.8 Å². The third kappa shape index (κ3) is 2.41. The normalized spacial score (nSPS) is 9.75. The van der Waals surface area contributed by atoms with E-state index in [9.17, 15) is 0 Å². The van der Waals surface area contributed by atoms with Gasteiger partial charge in [-0.1, -0.05) is 12.1 Å². The van der Waals surface area contributed by atoms with E-state index < -0.39 is 0 Å². The van der Waals surface area contributed by atoms with Gasteiger partial charge in [0.25, 0.3) is 0 Å². The lowest BCUT2D eigenvalue weighted by Crippen LogP contribution is -2.07. The van der Waals surface area contributed by atoms with Crippen LogP contribution in [0.5, 0.6) is 0 Å². The molecule has 66 valence electrons. The zero-order valence-electron chi connectivity index (χ0n) is 6.66. The molecule has 0 heterocycles. The van der Waals surface area contributed by atoms with E-state index in [1.807, 2.05) is 12.1 Å². The Hall–Kier alpha value is -1.26. The summed E-state index contributed by atoms with van der Waals surface area (Å²) in [6.07, 6.45) is 0. The maximum Gasteiger partial charge on any atom is 0.0976 e. The van der Waals surface area contributed by atoms with Crippen LogP contribution in [0.1, 0.15) is 0 Å². The molecule has 0 atom stereocenters. The summed E-state index contributed by atoms with van der Waals surface area (Å²) in [6, 6.07) is 7.25. The zero-order chi connectivity index (χ0) is 8.81. The average Bonchev–Trinajstić information content (AvgIpc) is 2.09. The largest absolute Gasteiger partial charge is 0.397 e. The van der Waals surface area contributed by atoms with Crippen LogP contribution in [-0.2, 0) is 4.84 Å². The van der Waals surface area contributed by atoms with Crippen molar-refractivity contribution in [3.8, 4) is 0 Å². The fourth-order valence-electron chi connectivity index (χ4n) is 0.764. The van der Waals surface area contributed by atoms with Crippen molar-refractivity contribution in [2.75, 3.05) is 24.4 Å². The molecular weight excluding hydrogens is 156 g/mol. The van der Waals surface area contributed by atoms with Gasteiger partial charge in [-0.25, -0.2) is 0 Å². The molecule has 1 aromatic carbocycles. The van der Waals surface area contributed by atoms with Crippen molar-refractivity contribution in [2.45, 2.75) is 0 Å². The summed E-state index contributed by atoms with van der Waals surface area (Å²) >= 11 is 0. The molecule has 0 fully saturated rings. The molecule has 0 spiro atoms. The summed E-state index contributed by atoms with van der Waals surface area (Å²) in [5.41, 5.74) is 9.56. The monoisotopic (exact) mass is 168 g/mol. The van der Waals surface area contributed by atoms with Crippen molar-refractivity contribution in [3.63, 3.8) is 0 Å². The SMILES string of the molecule is Nc1ccccc1NOCCO. The van der Waals surface area contributed by atoms with Gasteiger partial charge >= 0.3 is 0 Å². The molecule has 0 radical (unpaired) electrons. The highest BCUT2D eigenvalue weighted by Crippen LogP contribution is 2.15. The molecular formula is C8H12N2O2. The average molecular weight is 168 g/mol. The van der Waals surface area contributed by atoms with Crippen LogP contribution in [0, 0.1) is 0 Å². The molecule has 0 aliphatic carbocycles. The number of hydrogen-bond donors (Lipinski definition) is 3. The van der Waals surface area contributed by atoms with Gasteiger partial charge in [0.05, 0.1) is 24.6 Å². The number of nitrogens with two attached hydrogens (primary N) is 1. The second-order valence-electron chi connectivity index (χ2n) is 2.26. The molecule has 0 bridgehead atoms. The fraction of sp³-hybridized carbons (Fsp3) is 0.250. The first kappa shape index (κ1) is 8.83. The molecule has 4 heteroatoms. The van der Waals surface area contributed by atoms with Crippen LogP contribution >= 0.6 is 0 Å². The first-order valence-corrected chi connectivity index (χ1v) is 3.68.